The Kier molecular flexibility index (Phi) is 8.14. The Morgan fingerprint density at radius 2 is 1.00 bits per heavy atom. The van der Waals surface area contributed by atoms with Gasteiger partial charge < -0.3 is 4.90 Å². The van der Waals surface area contributed by atoms with Crippen LogP contribution in [0.2, 0.25) is 0 Å². The van der Waals surface area contributed by atoms with Crippen LogP contribution in [0, 0.1) is 0 Å². The topological polar surface area (TPSA) is 3.24 Å². The van der Waals surface area contributed by atoms with Gasteiger partial charge in [-0.05, 0) is 21.1 Å². The van der Waals surface area contributed by atoms with Crippen molar-refractivity contribution in [3.05, 3.63) is 0 Å². The second-order valence-electron chi connectivity index (χ2n) is 1.34. The maximum absolute atomic E-state index is 2.00. The molecule has 1 nitrogen and oxygen atoms in total. The molecule has 0 unspecified atom stereocenters. The molecule has 0 fully saturated rings. The number of rotatable bonds is 0. The van der Waals surface area contributed by atoms with Gasteiger partial charge in [0, 0.05) is 0 Å². The van der Waals surface area contributed by atoms with Crippen molar-refractivity contribution in [3.63, 3.8) is 0 Å². The summed E-state index contributed by atoms with van der Waals surface area (Å²) in [5, 5.41) is 0. The molecule has 32 valence electrons. The summed E-state index contributed by atoms with van der Waals surface area (Å²) in [7, 11) is 6.00. The van der Waals surface area contributed by atoms with Gasteiger partial charge in [-0.15, -0.1) is 0 Å². The summed E-state index contributed by atoms with van der Waals surface area (Å²) in [6.45, 7) is 0. The van der Waals surface area contributed by atoms with Crippen molar-refractivity contribution in [2.24, 2.45) is 0 Å². The van der Waals surface area contributed by atoms with Gasteiger partial charge >= 0.3 is 17.1 Å². The minimum Gasteiger partial charge on any atom is -0.312 e. The van der Waals surface area contributed by atoms with Gasteiger partial charge in [-0.1, -0.05) is 0 Å². The molecule has 0 aliphatic heterocycles. The van der Waals surface area contributed by atoms with Gasteiger partial charge in [0.1, 0.15) is 0 Å². The van der Waals surface area contributed by atoms with Crippen LogP contribution in [0.15, 0.2) is 0 Å². The molecule has 0 aromatic heterocycles. The van der Waals surface area contributed by atoms with E-state index in [4.69, 9.17) is 0 Å². The summed E-state index contributed by atoms with van der Waals surface area (Å²) in [5.74, 6) is 0. The van der Waals surface area contributed by atoms with Crippen molar-refractivity contribution in [1.29, 1.82) is 0 Å². The molecule has 0 N–H and O–H groups in total. The molecule has 0 aromatic rings. The normalized spacial score (nSPS) is 7.20. The Morgan fingerprint density at radius 3 is 1.00 bits per heavy atom. The third kappa shape index (κ3) is 120. The first-order chi connectivity index (χ1) is 1.73. The van der Waals surface area contributed by atoms with Gasteiger partial charge in [0.05, 0.1) is 0 Å². The van der Waals surface area contributed by atoms with E-state index in [2.05, 4.69) is 0 Å². The standard InChI is InChI=1S/C3H9N.Fe/c1-4(2)3;/h1-3H3;/q;+2. The molecule has 0 aliphatic carbocycles. The molecule has 5 heavy (non-hydrogen) atoms. The Bertz CT molecular complexity index is 11.6. The molecule has 0 spiro atoms. The summed E-state index contributed by atoms with van der Waals surface area (Å²) in [4.78, 5) is 2.00. The van der Waals surface area contributed by atoms with E-state index in [9.17, 15) is 0 Å². The Labute approximate surface area is 43.8 Å². The molecule has 0 aliphatic rings. The molecule has 0 bridgehead atoms. The minimum atomic E-state index is 0. The molecule has 0 radical (unpaired) electrons. The van der Waals surface area contributed by atoms with E-state index in [1.54, 1.807) is 0 Å². The van der Waals surface area contributed by atoms with Gasteiger partial charge in [-0.25, -0.2) is 0 Å². The Morgan fingerprint density at radius 1 is 1.00 bits per heavy atom. The smallest absolute Gasteiger partial charge is 0.312 e. The van der Waals surface area contributed by atoms with E-state index in [1.807, 2.05) is 26.0 Å². The average molecular weight is 115 g/mol. The van der Waals surface area contributed by atoms with E-state index < -0.39 is 0 Å². The van der Waals surface area contributed by atoms with Crippen LogP contribution in [0.1, 0.15) is 0 Å². The summed E-state index contributed by atoms with van der Waals surface area (Å²) in [6, 6.07) is 0. The van der Waals surface area contributed by atoms with Crippen LogP contribution in [0.25, 0.3) is 0 Å². The molecule has 0 saturated heterocycles. The fraction of sp³-hybridized carbons (Fsp3) is 1.00. The van der Waals surface area contributed by atoms with Crippen LogP contribution in [0.4, 0.5) is 0 Å². The molecule has 0 amide bonds. The van der Waals surface area contributed by atoms with Gasteiger partial charge in [0.15, 0.2) is 0 Å². The largest absolute Gasteiger partial charge is 2.00 e. The van der Waals surface area contributed by atoms with Gasteiger partial charge in [-0.2, -0.15) is 0 Å². The minimum absolute atomic E-state index is 0. The van der Waals surface area contributed by atoms with Crippen LogP contribution >= 0.6 is 0 Å². The van der Waals surface area contributed by atoms with Crippen molar-refractivity contribution >= 4 is 0 Å². The summed E-state index contributed by atoms with van der Waals surface area (Å²) in [5.41, 5.74) is 0. The molecule has 0 atom stereocenters. The van der Waals surface area contributed by atoms with Crippen LogP contribution in [0.5, 0.6) is 0 Å². The maximum atomic E-state index is 2.00. The fourth-order valence-electron chi connectivity index (χ4n) is 0. The molecular weight excluding hydrogens is 106 g/mol. The monoisotopic (exact) mass is 115 g/mol. The fourth-order valence-corrected chi connectivity index (χ4v) is 0. The first-order valence-corrected chi connectivity index (χ1v) is 1.34. The van der Waals surface area contributed by atoms with Gasteiger partial charge in [-0.3, -0.25) is 0 Å². The summed E-state index contributed by atoms with van der Waals surface area (Å²) in [6.07, 6.45) is 0. The Hall–Kier alpha value is 0.479. The van der Waals surface area contributed by atoms with Crippen molar-refractivity contribution in [3.8, 4) is 0 Å². The van der Waals surface area contributed by atoms with Crippen molar-refractivity contribution in [2.75, 3.05) is 21.1 Å². The molecule has 0 heterocycles. The second kappa shape index (κ2) is 4.48. The SMILES string of the molecule is CN(C)C.[Fe+2]. The third-order valence-corrected chi connectivity index (χ3v) is 0. The van der Waals surface area contributed by atoms with Gasteiger partial charge in [0.2, 0.25) is 0 Å². The molecule has 2 heteroatoms. The molecular formula is C3H9FeN+2. The van der Waals surface area contributed by atoms with Crippen LogP contribution < -0.4 is 0 Å². The second-order valence-corrected chi connectivity index (χ2v) is 1.34. The van der Waals surface area contributed by atoms with Crippen molar-refractivity contribution in [2.45, 2.75) is 0 Å². The van der Waals surface area contributed by atoms with Crippen LogP contribution in [-0.2, 0) is 17.1 Å². The predicted octanol–water partition coefficient (Wildman–Crippen LogP) is 0.175. The third-order valence-electron chi connectivity index (χ3n) is 0. The van der Waals surface area contributed by atoms with Crippen molar-refractivity contribution in [1.82, 2.24) is 4.90 Å². The Balaban J connectivity index is 0. The zero-order valence-electron chi connectivity index (χ0n) is 3.80. The summed E-state index contributed by atoms with van der Waals surface area (Å²) < 4.78 is 0. The van der Waals surface area contributed by atoms with Gasteiger partial charge in [0.25, 0.3) is 0 Å². The first-order valence-electron chi connectivity index (χ1n) is 1.34. The molecule has 0 aromatic carbocycles. The summed E-state index contributed by atoms with van der Waals surface area (Å²) >= 11 is 0. The average Bonchev–Trinajstić information content (AvgIpc) is 0.811. The zero-order valence-corrected chi connectivity index (χ0v) is 4.90. The number of hydrogen-bond acceptors (Lipinski definition) is 1. The van der Waals surface area contributed by atoms with E-state index in [0.717, 1.165) is 0 Å². The van der Waals surface area contributed by atoms with E-state index >= 15 is 0 Å². The van der Waals surface area contributed by atoms with E-state index in [0.29, 0.717) is 0 Å². The predicted molar refractivity (Wildman–Crippen MR) is 19.6 cm³/mol. The number of nitrogens with zero attached hydrogens (tertiary/aromatic N) is 1. The van der Waals surface area contributed by atoms with Crippen LogP contribution in [0.3, 0.4) is 0 Å². The van der Waals surface area contributed by atoms with Crippen LogP contribution in [-0.4, -0.2) is 26.0 Å². The van der Waals surface area contributed by atoms with E-state index in [1.165, 1.54) is 0 Å². The molecule has 0 saturated carbocycles. The molecule has 0 rings (SSSR count). The first kappa shape index (κ1) is 9.08. The van der Waals surface area contributed by atoms with E-state index in [-0.39, 0.29) is 17.1 Å². The zero-order chi connectivity index (χ0) is 3.58. The number of hydrogen-bond donors (Lipinski definition) is 0. The maximum Gasteiger partial charge on any atom is 2.00 e. The quantitative estimate of drug-likeness (QED) is 0.407. The van der Waals surface area contributed by atoms with Crippen molar-refractivity contribution < 1.29 is 17.1 Å².